The van der Waals surface area contributed by atoms with Gasteiger partial charge < -0.3 is 5.73 Å². The minimum atomic E-state index is 0.358. The van der Waals surface area contributed by atoms with Gasteiger partial charge in [0.05, 0.1) is 6.07 Å². The summed E-state index contributed by atoms with van der Waals surface area (Å²) in [7, 11) is 0. The lowest BCUT2D eigenvalue weighted by Gasteiger charge is -2.23. The van der Waals surface area contributed by atoms with Crippen molar-refractivity contribution in [3.63, 3.8) is 0 Å². The van der Waals surface area contributed by atoms with Crippen molar-refractivity contribution in [2.75, 3.05) is 0 Å². The Morgan fingerprint density at radius 1 is 1.45 bits per heavy atom. The summed E-state index contributed by atoms with van der Waals surface area (Å²) in [5.74, 6) is 0.554. The molecule has 1 fully saturated rings. The topological polar surface area (TPSA) is 49.8 Å². The molecule has 0 aromatic heterocycles. The number of hydrogen-bond acceptors (Lipinski definition) is 2. The number of rotatable bonds is 1. The molecule has 11 heavy (non-hydrogen) atoms. The average Bonchev–Trinajstić information content (AvgIpc) is 2.01. The van der Waals surface area contributed by atoms with Gasteiger partial charge >= 0.3 is 0 Å². The Labute approximate surface area is 67.7 Å². The van der Waals surface area contributed by atoms with E-state index in [1.807, 2.05) is 12.1 Å². The van der Waals surface area contributed by atoms with Crippen LogP contribution < -0.4 is 5.73 Å². The highest BCUT2D eigenvalue weighted by Crippen LogP contribution is 2.23. The van der Waals surface area contributed by atoms with E-state index in [9.17, 15) is 0 Å². The third-order valence-corrected chi connectivity index (χ3v) is 2.20. The molecule has 2 heteroatoms. The molecule has 2 N–H and O–H groups in total. The zero-order chi connectivity index (χ0) is 8.10. The number of nitrogens with two attached hydrogens (primary N) is 1. The minimum Gasteiger partial charge on any atom is -0.328 e. The molecule has 0 saturated heterocycles. The van der Waals surface area contributed by atoms with Crippen LogP contribution in [0.1, 0.15) is 25.7 Å². The van der Waals surface area contributed by atoms with Crippen LogP contribution in [0, 0.1) is 17.2 Å². The molecule has 60 valence electrons. The summed E-state index contributed by atoms with van der Waals surface area (Å²) in [6, 6.07) is 2.37. The molecular weight excluding hydrogens is 136 g/mol. The number of allylic oxidation sites excluding steroid dienone is 2. The summed E-state index contributed by atoms with van der Waals surface area (Å²) in [5, 5.41) is 8.29. The van der Waals surface area contributed by atoms with Crippen LogP contribution in [0.5, 0.6) is 0 Å². The van der Waals surface area contributed by atoms with Gasteiger partial charge in [-0.15, -0.1) is 0 Å². The van der Waals surface area contributed by atoms with E-state index in [4.69, 9.17) is 11.0 Å². The van der Waals surface area contributed by atoms with E-state index < -0.39 is 0 Å². The molecule has 0 aliphatic heterocycles. The van der Waals surface area contributed by atoms with Gasteiger partial charge in [-0.25, -0.2) is 0 Å². The van der Waals surface area contributed by atoms with Crippen molar-refractivity contribution in [3.05, 3.63) is 12.2 Å². The van der Waals surface area contributed by atoms with Crippen molar-refractivity contribution in [3.8, 4) is 6.07 Å². The summed E-state index contributed by atoms with van der Waals surface area (Å²) in [6.07, 6.45) is 8.17. The van der Waals surface area contributed by atoms with Crippen LogP contribution in [0.2, 0.25) is 0 Å². The van der Waals surface area contributed by atoms with E-state index in [2.05, 4.69) is 0 Å². The van der Waals surface area contributed by atoms with Crippen molar-refractivity contribution in [1.29, 1.82) is 5.26 Å². The molecule has 0 bridgehead atoms. The molecule has 1 saturated carbocycles. The monoisotopic (exact) mass is 150 g/mol. The van der Waals surface area contributed by atoms with E-state index in [1.54, 1.807) is 6.08 Å². The summed E-state index contributed by atoms with van der Waals surface area (Å²) in [6.45, 7) is 0. The van der Waals surface area contributed by atoms with Gasteiger partial charge in [0.1, 0.15) is 0 Å². The van der Waals surface area contributed by atoms with E-state index in [0.29, 0.717) is 12.0 Å². The Morgan fingerprint density at radius 2 is 2.27 bits per heavy atom. The van der Waals surface area contributed by atoms with Crippen LogP contribution in [0.3, 0.4) is 0 Å². The van der Waals surface area contributed by atoms with E-state index >= 15 is 0 Å². The minimum absolute atomic E-state index is 0.358. The van der Waals surface area contributed by atoms with Gasteiger partial charge in [-0.2, -0.15) is 5.26 Å². The molecule has 0 radical (unpaired) electrons. The first-order valence-electron chi connectivity index (χ1n) is 4.15. The highest BCUT2D eigenvalue weighted by atomic mass is 14.6. The molecule has 1 rings (SSSR count). The van der Waals surface area contributed by atoms with Crippen LogP contribution >= 0.6 is 0 Å². The van der Waals surface area contributed by atoms with Crippen LogP contribution in [0.4, 0.5) is 0 Å². The molecule has 0 unspecified atom stereocenters. The van der Waals surface area contributed by atoms with Crippen molar-refractivity contribution < 1.29 is 0 Å². The average molecular weight is 150 g/mol. The first-order chi connectivity index (χ1) is 5.33. The maximum Gasteiger partial charge on any atom is 0.0908 e. The predicted octanol–water partition coefficient (Wildman–Crippen LogP) is 1.58. The van der Waals surface area contributed by atoms with Gasteiger partial charge in [0, 0.05) is 12.1 Å². The second kappa shape index (κ2) is 4.15. The van der Waals surface area contributed by atoms with Gasteiger partial charge in [-0.3, -0.25) is 0 Å². The molecule has 2 atom stereocenters. The molecule has 0 spiro atoms. The molecule has 1 aliphatic carbocycles. The van der Waals surface area contributed by atoms with Crippen molar-refractivity contribution >= 4 is 0 Å². The summed E-state index contributed by atoms with van der Waals surface area (Å²) in [5.41, 5.74) is 5.78. The van der Waals surface area contributed by atoms with Gasteiger partial charge in [0.15, 0.2) is 0 Å². The summed E-state index contributed by atoms with van der Waals surface area (Å²) in [4.78, 5) is 0. The first-order valence-corrected chi connectivity index (χ1v) is 4.15. The van der Waals surface area contributed by atoms with Crippen molar-refractivity contribution in [2.24, 2.45) is 11.7 Å². The number of nitriles is 1. The molecule has 2 nitrogen and oxygen atoms in total. The fourth-order valence-corrected chi connectivity index (χ4v) is 1.62. The van der Waals surface area contributed by atoms with Gasteiger partial charge in [-0.05, 0) is 25.2 Å². The van der Waals surface area contributed by atoms with E-state index in [1.165, 1.54) is 12.8 Å². The van der Waals surface area contributed by atoms with Crippen molar-refractivity contribution in [2.45, 2.75) is 31.7 Å². The SMILES string of the molecule is N#C/C=C/[C@H]1CCC[C@H](N)C1. The molecule has 0 heterocycles. The third-order valence-electron chi connectivity index (χ3n) is 2.20. The normalized spacial score (nSPS) is 32.0. The zero-order valence-electron chi connectivity index (χ0n) is 6.66. The largest absolute Gasteiger partial charge is 0.328 e. The van der Waals surface area contributed by atoms with Crippen LogP contribution in [-0.4, -0.2) is 6.04 Å². The Morgan fingerprint density at radius 3 is 2.91 bits per heavy atom. The van der Waals surface area contributed by atoms with Crippen LogP contribution in [0.15, 0.2) is 12.2 Å². The third kappa shape index (κ3) is 2.73. The highest BCUT2D eigenvalue weighted by molar-refractivity contribution is 5.04. The lowest BCUT2D eigenvalue weighted by Crippen LogP contribution is -2.26. The predicted molar refractivity (Wildman–Crippen MR) is 44.7 cm³/mol. The zero-order valence-corrected chi connectivity index (χ0v) is 6.66. The maximum atomic E-state index is 8.29. The van der Waals surface area contributed by atoms with Crippen molar-refractivity contribution in [1.82, 2.24) is 0 Å². The molecule has 0 amide bonds. The van der Waals surface area contributed by atoms with E-state index in [0.717, 1.165) is 12.8 Å². The maximum absolute atomic E-state index is 8.29. The van der Waals surface area contributed by atoms with Crippen LogP contribution in [-0.2, 0) is 0 Å². The molecule has 1 aliphatic rings. The van der Waals surface area contributed by atoms with E-state index in [-0.39, 0.29) is 0 Å². The lowest BCUT2D eigenvalue weighted by molar-refractivity contribution is 0.372. The quantitative estimate of drug-likeness (QED) is 0.577. The van der Waals surface area contributed by atoms with Gasteiger partial charge in [-0.1, -0.05) is 12.5 Å². The lowest BCUT2D eigenvalue weighted by atomic mass is 9.86. The highest BCUT2D eigenvalue weighted by Gasteiger charge is 2.16. The van der Waals surface area contributed by atoms with Gasteiger partial charge in [0.2, 0.25) is 0 Å². The van der Waals surface area contributed by atoms with Gasteiger partial charge in [0.25, 0.3) is 0 Å². The molecular formula is C9H14N2. The second-order valence-electron chi connectivity index (χ2n) is 3.17. The second-order valence-corrected chi connectivity index (χ2v) is 3.17. The Balaban J connectivity index is 2.35. The summed E-state index contributed by atoms with van der Waals surface area (Å²) >= 11 is 0. The van der Waals surface area contributed by atoms with Crippen LogP contribution in [0.25, 0.3) is 0 Å². The fourth-order valence-electron chi connectivity index (χ4n) is 1.62. The summed E-state index contributed by atoms with van der Waals surface area (Å²) < 4.78 is 0. The standard InChI is InChI=1S/C9H14N2/c10-6-2-4-8-3-1-5-9(11)7-8/h2,4,8-9H,1,3,5,7,11H2/b4-2+/t8-,9+/m1/s1. The smallest absolute Gasteiger partial charge is 0.0908 e. The Hall–Kier alpha value is -0.810. The fraction of sp³-hybridized carbons (Fsp3) is 0.667. The molecule has 0 aromatic rings. The molecule has 0 aromatic carbocycles. The first kappa shape index (κ1) is 8.29. The Bertz CT molecular complexity index is 178. The number of hydrogen-bond donors (Lipinski definition) is 1. The Kier molecular flexibility index (Phi) is 3.13. The number of nitrogens with zero attached hydrogens (tertiary/aromatic N) is 1.